The van der Waals surface area contributed by atoms with E-state index in [9.17, 15) is 13.2 Å². The standard InChI is InChI=1S/C16H19N3O4S/c1-2-19(13-8-9-24(21,22)11-13)16(20)15-18-17-14(23-15)10-12-6-4-3-5-7-12/h3-7,13H,2,8-11H2,1H3. The van der Waals surface area contributed by atoms with Crippen LogP contribution in [-0.4, -0.2) is 53.5 Å². The second-order valence-corrected chi connectivity index (χ2v) is 8.04. The maximum atomic E-state index is 12.6. The number of hydrogen-bond acceptors (Lipinski definition) is 6. The number of carbonyl (C=O) groups is 1. The minimum absolute atomic E-state index is 0.00239. The molecule has 3 rings (SSSR count). The highest BCUT2D eigenvalue weighted by Gasteiger charge is 2.35. The van der Waals surface area contributed by atoms with Gasteiger partial charge in [-0.3, -0.25) is 4.79 Å². The fourth-order valence-corrected chi connectivity index (χ4v) is 4.62. The lowest BCUT2D eigenvalue weighted by molar-refractivity contribution is 0.0665. The lowest BCUT2D eigenvalue weighted by atomic mass is 10.2. The van der Waals surface area contributed by atoms with Crippen LogP contribution < -0.4 is 0 Å². The predicted molar refractivity (Wildman–Crippen MR) is 87.3 cm³/mol. The van der Waals surface area contributed by atoms with Crippen LogP contribution >= 0.6 is 0 Å². The molecule has 128 valence electrons. The molecule has 1 unspecified atom stereocenters. The molecule has 7 nitrogen and oxygen atoms in total. The van der Waals surface area contributed by atoms with Crippen molar-refractivity contribution in [3.63, 3.8) is 0 Å². The third kappa shape index (κ3) is 3.64. The molecule has 1 aliphatic heterocycles. The molecule has 1 atom stereocenters. The molecule has 2 aromatic rings. The van der Waals surface area contributed by atoms with E-state index < -0.39 is 15.7 Å². The number of nitrogens with zero attached hydrogens (tertiary/aromatic N) is 3. The first-order valence-corrected chi connectivity index (χ1v) is 9.68. The normalized spacial score (nSPS) is 19.3. The number of rotatable bonds is 5. The number of benzene rings is 1. The zero-order chi connectivity index (χ0) is 17.2. The molecule has 8 heteroatoms. The van der Waals surface area contributed by atoms with Crippen molar-refractivity contribution in [2.45, 2.75) is 25.8 Å². The summed E-state index contributed by atoms with van der Waals surface area (Å²) in [5.41, 5.74) is 1.01. The predicted octanol–water partition coefficient (Wildman–Crippen LogP) is 1.31. The summed E-state index contributed by atoms with van der Waals surface area (Å²) in [6, 6.07) is 9.30. The number of carbonyl (C=O) groups excluding carboxylic acids is 1. The smallest absolute Gasteiger partial charge is 0.311 e. The molecule has 2 heterocycles. The molecule has 0 aliphatic carbocycles. The largest absolute Gasteiger partial charge is 0.417 e. The van der Waals surface area contributed by atoms with E-state index in [2.05, 4.69) is 10.2 Å². The SMILES string of the molecule is CCN(C(=O)c1nnc(Cc2ccccc2)o1)C1CCS(=O)(=O)C1. The van der Waals surface area contributed by atoms with Gasteiger partial charge in [-0.15, -0.1) is 10.2 Å². The van der Waals surface area contributed by atoms with Crippen LogP contribution in [0, 0.1) is 0 Å². The van der Waals surface area contributed by atoms with Gasteiger partial charge in [0.25, 0.3) is 0 Å². The summed E-state index contributed by atoms with van der Waals surface area (Å²) in [4.78, 5) is 14.1. The van der Waals surface area contributed by atoms with Crippen LogP contribution in [-0.2, 0) is 16.3 Å². The van der Waals surface area contributed by atoms with Gasteiger partial charge in [0.05, 0.1) is 17.9 Å². The highest BCUT2D eigenvalue weighted by molar-refractivity contribution is 7.91. The quantitative estimate of drug-likeness (QED) is 0.808. The van der Waals surface area contributed by atoms with Gasteiger partial charge >= 0.3 is 11.8 Å². The third-order valence-corrected chi connectivity index (χ3v) is 5.85. The summed E-state index contributed by atoms with van der Waals surface area (Å²) in [6.45, 7) is 2.21. The van der Waals surface area contributed by atoms with E-state index in [0.29, 0.717) is 25.3 Å². The summed E-state index contributed by atoms with van der Waals surface area (Å²) in [6.07, 6.45) is 0.901. The van der Waals surface area contributed by atoms with Crippen LogP contribution in [0.4, 0.5) is 0 Å². The van der Waals surface area contributed by atoms with Gasteiger partial charge in [0.2, 0.25) is 5.89 Å². The van der Waals surface area contributed by atoms with Gasteiger partial charge < -0.3 is 9.32 Å². The van der Waals surface area contributed by atoms with Crippen molar-refractivity contribution in [1.82, 2.24) is 15.1 Å². The molecular formula is C16H19N3O4S. The van der Waals surface area contributed by atoms with E-state index in [0.717, 1.165) is 5.56 Å². The Labute approximate surface area is 140 Å². The second-order valence-electron chi connectivity index (χ2n) is 5.81. The average molecular weight is 349 g/mol. The summed E-state index contributed by atoms with van der Waals surface area (Å²) in [5, 5.41) is 7.75. The van der Waals surface area contributed by atoms with Gasteiger partial charge in [-0.25, -0.2) is 8.42 Å². The molecule has 0 spiro atoms. The van der Waals surface area contributed by atoms with E-state index >= 15 is 0 Å². The first-order valence-electron chi connectivity index (χ1n) is 7.86. The second kappa shape index (κ2) is 6.72. The molecule has 0 radical (unpaired) electrons. The molecule has 0 N–H and O–H groups in total. The lowest BCUT2D eigenvalue weighted by Gasteiger charge is -2.25. The maximum absolute atomic E-state index is 12.6. The summed E-state index contributed by atoms with van der Waals surface area (Å²) in [7, 11) is -3.06. The van der Waals surface area contributed by atoms with Crippen LogP contribution in [0.5, 0.6) is 0 Å². The van der Waals surface area contributed by atoms with Crippen LogP contribution in [0.1, 0.15) is 35.5 Å². The Morgan fingerprint density at radius 1 is 1.29 bits per heavy atom. The lowest BCUT2D eigenvalue weighted by Crippen LogP contribution is -2.41. The van der Waals surface area contributed by atoms with Crippen molar-refractivity contribution < 1.29 is 17.6 Å². The molecular weight excluding hydrogens is 330 g/mol. The molecule has 0 bridgehead atoms. The molecule has 1 aromatic heterocycles. The van der Waals surface area contributed by atoms with Gasteiger partial charge in [0.1, 0.15) is 0 Å². The molecule has 1 fully saturated rings. The number of sulfone groups is 1. The zero-order valence-electron chi connectivity index (χ0n) is 13.4. The molecule has 24 heavy (non-hydrogen) atoms. The van der Waals surface area contributed by atoms with Gasteiger partial charge in [0.15, 0.2) is 9.84 Å². The average Bonchev–Trinajstić information content (AvgIpc) is 3.16. The van der Waals surface area contributed by atoms with Crippen LogP contribution in [0.15, 0.2) is 34.7 Å². The highest BCUT2D eigenvalue weighted by Crippen LogP contribution is 2.20. The Morgan fingerprint density at radius 2 is 2.04 bits per heavy atom. The van der Waals surface area contributed by atoms with Crippen LogP contribution in [0.3, 0.4) is 0 Å². The van der Waals surface area contributed by atoms with E-state index in [1.54, 1.807) is 0 Å². The number of hydrogen-bond donors (Lipinski definition) is 0. The van der Waals surface area contributed by atoms with Gasteiger partial charge in [-0.2, -0.15) is 0 Å². The third-order valence-electron chi connectivity index (χ3n) is 4.10. The van der Waals surface area contributed by atoms with E-state index in [4.69, 9.17) is 4.42 Å². The Morgan fingerprint density at radius 3 is 2.67 bits per heavy atom. The Hall–Kier alpha value is -2.22. The Kier molecular flexibility index (Phi) is 4.66. The fraction of sp³-hybridized carbons (Fsp3) is 0.438. The first kappa shape index (κ1) is 16.6. The van der Waals surface area contributed by atoms with Gasteiger partial charge in [0, 0.05) is 12.6 Å². The van der Waals surface area contributed by atoms with E-state index in [1.165, 1.54) is 4.90 Å². The highest BCUT2D eigenvalue weighted by atomic mass is 32.2. The molecule has 0 saturated carbocycles. The monoisotopic (exact) mass is 349 g/mol. The van der Waals surface area contributed by atoms with Gasteiger partial charge in [-0.05, 0) is 18.9 Å². The minimum atomic E-state index is -3.06. The molecule has 1 amide bonds. The Bertz CT molecular complexity index is 817. The van der Waals surface area contributed by atoms with E-state index in [1.807, 2.05) is 37.3 Å². The van der Waals surface area contributed by atoms with Crippen molar-refractivity contribution in [1.29, 1.82) is 0 Å². The van der Waals surface area contributed by atoms with Crippen molar-refractivity contribution in [3.05, 3.63) is 47.7 Å². The minimum Gasteiger partial charge on any atom is -0.417 e. The van der Waals surface area contributed by atoms with Crippen molar-refractivity contribution >= 4 is 15.7 Å². The van der Waals surface area contributed by atoms with Crippen LogP contribution in [0.25, 0.3) is 0 Å². The molecule has 1 aromatic carbocycles. The maximum Gasteiger partial charge on any atom is 0.311 e. The van der Waals surface area contributed by atoms with E-state index in [-0.39, 0.29) is 23.4 Å². The topological polar surface area (TPSA) is 93.4 Å². The van der Waals surface area contributed by atoms with Crippen molar-refractivity contribution in [2.24, 2.45) is 0 Å². The van der Waals surface area contributed by atoms with Gasteiger partial charge in [-0.1, -0.05) is 30.3 Å². The zero-order valence-corrected chi connectivity index (χ0v) is 14.2. The summed E-state index contributed by atoms with van der Waals surface area (Å²) in [5.74, 6) is -0.0274. The molecule has 1 aliphatic rings. The van der Waals surface area contributed by atoms with Crippen LogP contribution in [0.2, 0.25) is 0 Å². The number of amides is 1. The first-order chi connectivity index (χ1) is 11.5. The summed E-state index contributed by atoms with van der Waals surface area (Å²) >= 11 is 0. The number of aromatic nitrogens is 2. The van der Waals surface area contributed by atoms with Crippen molar-refractivity contribution in [3.8, 4) is 0 Å². The molecule has 1 saturated heterocycles. The van der Waals surface area contributed by atoms with Crippen molar-refractivity contribution in [2.75, 3.05) is 18.1 Å². The summed E-state index contributed by atoms with van der Waals surface area (Å²) < 4.78 is 28.8. The Balaban J connectivity index is 1.72. The fourth-order valence-electron chi connectivity index (χ4n) is 2.89.